The molecule has 5 nitrogen and oxygen atoms in total. The Labute approximate surface area is 95.8 Å². The maximum atomic E-state index is 11.5. The zero-order valence-corrected chi connectivity index (χ0v) is 9.90. The van der Waals surface area contributed by atoms with E-state index in [1.165, 1.54) is 0 Å². The molecule has 92 valence electrons. The average Bonchev–Trinajstić information content (AvgIpc) is 2.21. The van der Waals surface area contributed by atoms with Gasteiger partial charge < -0.3 is 15.3 Å². The number of carboxylic acids is 1. The predicted octanol–water partition coefficient (Wildman–Crippen LogP) is 0.308. The maximum Gasteiger partial charge on any atom is 0.306 e. The van der Waals surface area contributed by atoms with E-state index in [0.717, 1.165) is 25.9 Å². The Balaban J connectivity index is 2.26. The lowest BCUT2D eigenvalue weighted by molar-refractivity contribution is -0.143. The van der Waals surface area contributed by atoms with E-state index in [1.54, 1.807) is 6.92 Å². The third-order valence-electron chi connectivity index (χ3n) is 3.00. The van der Waals surface area contributed by atoms with E-state index < -0.39 is 11.9 Å². The number of rotatable bonds is 4. The molecular weight excluding hydrogens is 208 g/mol. The quantitative estimate of drug-likeness (QED) is 0.726. The molecule has 1 heterocycles. The van der Waals surface area contributed by atoms with E-state index >= 15 is 0 Å². The number of carbonyl (C=O) groups excluding carboxylic acids is 1. The van der Waals surface area contributed by atoms with Gasteiger partial charge in [-0.05, 0) is 33.0 Å². The molecular formula is C11H20N2O3. The highest BCUT2D eigenvalue weighted by molar-refractivity contribution is 5.82. The van der Waals surface area contributed by atoms with Gasteiger partial charge in [0.2, 0.25) is 5.91 Å². The first-order chi connectivity index (χ1) is 7.49. The normalized spacial score (nSPS) is 20.4. The van der Waals surface area contributed by atoms with Crippen LogP contribution in [0.25, 0.3) is 0 Å². The molecule has 0 aliphatic carbocycles. The van der Waals surface area contributed by atoms with E-state index in [4.69, 9.17) is 5.11 Å². The second-order valence-electron chi connectivity index (χ2n) is 4.59. The Bertz CT molecular complexity index is 260. The van der Waals surface area contributed by atoms with Crippen molar-refractivity contribution in [2.45, 2.75) is 32.2 Å². The highest BCUT2D eigenvalue weighted by Crippen LogP contribution is 2.09. The van der Waals surface area contributed by atoms with Gasteiger partial charge in [-0.2, -0.15) is 0 Å². The molecule has 0 radical (unpaired) electrons. The number of carboxylic acid groups (broad SMARTS) is 1. The summed E-state index contributed by atoms with van der Waals surface area (Å²) in [5.41, 5.74) is 0. The minimum Gasteiger partial charge on any atom is -0.481 e. The zero-order valence-electron chi connectivity index (χ0n) is 9.90. The van der Waals surface area contributed by atoms with Crippen LogP contribution in [0, 0.1) is 5.92 Å². The second kappa shape index (κ2) is 5.84. The molecule has 0 saturated carbocycles. The van der Waals surface area contributed by atoms with Crippen molar-refractivity contribution >= 4 is 11.9 Å². The van der Waals surface area contributed by atoms with Gasteiger partial charge in [-0.25, -0.2) is 0 Å². The Morgan fingerprint density at radius 1 is 1.44 bits per heavy atom. The summed E-state index contributed by atoms with van der Waals surface area (Å²) in [5.74, 6) is -1.67. The van der Waals surface area contributed by atoms with Crippen LogP contribution in [0.2, 0.25) is 0 Å². The first-order valence-electron chi connectivity index (χ1n) is 5.69. The number of aliphatic carboxylic acids is 1. The lowest BCUT2D eigenvalue weighted by Crippen LogP contribution is -2.43. The monoisotopic (exact) mass is 228 g/mol. The Morgan fingerprint density at radius 2 is 2.00 bits per heavy atom. The smallest absolute Gasteiger partial charge is 0.306 e. The van der Waals surface area contributed by atoms with Crippen LogP contribution in [0.15, 0.2) is 0 Å². The summed E-state index contributed by atoms with van der Waals surface area (Å²) in [6, 6.07) is 0.213. The van der Waals surface area contributed by atoms with Crippen LogP contribution in [0.4, 0.5) is 0 Å². The third-order valence-corrected chi connectivity index (χ3v) is 3.00. The molecule has 1 aliphatic heterocycles. The first kappa shape index (κ1) is 13.0. The number of nitrogens with one attached hydrogen (secondary N) is 1. The molecule has 1 rings (SSSR count). The summed E-state index contributed by atoms with van der Waals surface area (Å²) in [6.07, 6.45) is 1.97. The predicted molar refractivity (Wildman–Crippen MR) is 60.1 cm³/mol. The largest absolute Gasteiger partial charge is 0.481 e. The lowest BCUT2D eigenvalue weighted by atomic mass is 10.0. The molecule has 0 aromatic carbocycles. The second-order valence-corrected chi connectivity index (χ2v) is 4.59. The SMILES string of the molecule is CC(CC(=O)NC1CCN(C)CC1)C(=O)O. The van der Waals surface area contributed by atoms with Crippen LogP contribution < -0.4 is 5.32 Å². The maximum absolute atomic E-state index is 11.5. The van der Waals surface area contributed by atoms with Crippen molar-refractivity contribution in [3.63, 3.8) is 0 Å². The fraction of sp³-hybridized carbons (Fsp3) is 0.818. The Morgan fingerprint density at radius 3 is 2.50 bits per heavy atom. The molecule has 1 atom stereocenters. The van der Waals surface area contributed by atoms with E-state index in [-0.39, 0.29) is 18.4 Å². The summed E-state index contributed by atoms with van der Waals surface area (Å²) in [6.45, 7) is 3.52. The van der Waals surface area contributed by atoms with Gasteiger partial charge in [-0.1, -0.05) is 6.92 Å². The topological polar surface area (TPSA) is 69.6 Å². The number of amides is 1. The van der Waals surface area contributed by atoms with Gasteiger partial charge in [0.25, 0.3) is 0 Å². The van der Waals surface area contributed by atoms with Crippen molar-refractivity contribution < 1.29 is 14.7 Å². The molecule has 5 heteroatoms. The molecule has 0 spiro atoms. The van der Waals surface area contributed by atoms with Crippen LogP contribution in [0.5, 0.6) is 0 Å². The van der Waals surface area contributed by atoms with Crippen LogP contribution in [-0.2, 0) is 9.59 Å². The number of hydrogen-bond donors (Lipinski definition) is 2. The molecule has 1 unspecified atom stereocenters. The molecule has 0 bridgehead atoms. The molecule has 0 aromatic heterocycles. The third kappa shape index (κ3) is 4.18. The highest BCUT2D eigenvalue weighted by Gasteiger charge is 2.21. The standard InChI is InChI=1S/C11H20N2O3/c1-8(11(15)16)7-10(14)12-9-3-5-13(2)6-4-9/h8-9H,3-7H2,1-2H3,(H,12,14)(H,15,16). The zero-order chi connectivity index (χ0) is 12.1. The van der Waals surface area contributed by atoms with Gasteiger partial charge in [0.15, 0.2) is 0 Å². The van der Waals surface area contributed by atoms with E-state index in [0.29, 0.717) is 0 Å². The minimum atomic E-state index is -0.918. The van der Waals surface area contributed by atoms with Gasteiger partial charge in [0.05, 0.1) is 5.92 Å². The summed E-state index contributed by atoms with van der Waals surface area (Å²) >= 11 is 0. The Kier molecular flexibility index (Phi) is 4.73. The fourth-order valence-electron chi connectivity index (χ4n) is 1.80. The number of hydrogen-bond acceptors (Lipinski definition) is 3. The van der Waals surface area contributed by atoms with Crippen molar-refractivity contribution in [3.8, 4) is 0 Å². The molecule has 1 fully saturated rings. The van der Waals surface area contributed by atoms with E-state index in [9.17, 15) is 9.59 Å². The average molecular weight is 228 g/mol. The van der Waals surface area contributed by atoms with Crippen LogP contribution in [0.3, 0.4) is 0 Å². The first-order valence-corrected chi connectivity index (χ1v) is 5.69. The van der Waals surface area contributed by atoms with Gasteiger partial charge in [-0.15, -0.1) is 0 Å². The molecule has 0 aromatic rings. The Hall–Kier alpha value is -1.10. The summed E-state index contributed by atoms with van der Waals surface area (Å²) in [4.78, 5) is 24.3. The van der Waals surface area contributed by atoms with Gasteiger partial charge in [0, 0.05) is 12.5 Å². The molecule has 1 saturated heterocycles. The summed E-state index contributed by atoms with van der Waals surface area (Å²) in [7, 11) is 2.06. The van der Waals surface area contributed by atoms with E-state index in [1.807, 2.05) is 0 Å². The van der Waals surface area contributed by atoms with Gasteiger partial charge >= 0.3 is 5.97 Å². The van der Waals surface area contributed by atoms with Crippen molar-refractivity contribution in [2.75, 3.05) is 20.1 Å². The van der Waals surface area contributed by atoms with Crippen molar-refractivity contribution in [3.05, 3.63) is 0 Å². The van der Waals surface area contributed by atoms with Crippen LogP contribution in [-0.4, -0.2) is 48.1 Å². The van der Waals surface area contributed by atoms with Gasteiger partial charge in [-0.3, -0.25) is 9.59 Å². The van der Waals surface area contributed by atoms with Crippen molar-refractivity contribution in [1.82, 2.24) is 10.2 Å². The number of piperidine rings is 1. The number of carbonyl (C=O) groups is 2. The van der Waals surface area contributed by atoms with E-state index in [2.05, 4.69) is 17.3 Å². The molecule has 1 amide bonds. The number of nitrogens with zero attached hydrogens (tertiary/aromatic N) is 1. The lowest BCUT2D eigenvalue weighted by Gasteiger charge is -2.29. The summed E-state index contributed by atoms with van der Waals surface area (Å²) in [5, 5.41) is 11.6. The summed E-state index contributed by atoms with van der Waals surface area (Å²) < 4.78 is 0. The van der Waals surface area contributed by atoms with Crippen molar-refractivity contribution in [2.24, 2.45) is 5.92 Å². The fourth-order valence-corrected chi connectivity index (χ4v) is 1.80. The number of likely N-dealkylation sites (tertiary alicyclic amines) is 1. The van der Waals surface area contributed by atoms with Crippen molar-refractivity contribution in [1.29, 1.82) is 0 Å². The molecule has 2 N–H and O–H groups in total. The molecule has 1 aliphatic rings. The molecule has 16 heavy (non-hydrogen) atoms. The van der Waals surface area contributed by atoms with Gasteiger partial charge in [0.1, 0.15) is 0 Å². The van der Waals surface area contributed by atoms with Crippen LogP contribution >= 0.6 is 0 Å². The van der Waals surface area contributed by atoms with Crippen LogP contribution in [0.1, 0.15) is 26.2 Å². The highest BCUT2D eigenvalue weighted by atomic mass is 16.4. The minimum absolute atomic E-state index is 0.0711.